The molecule has 0 bridgehead atoms. The number of halogens is 1. The van der Waals surface area contributed by atoms with E-state index in [-0.39, 0.29) is 17.9 Å². The average molecular weight is 268 g/mol. The zero-order valence-corrected chi connectivity index (χ0v) is 11.5. The lowest BCUT2D eigenvalue weighted by atomic mass is 9.99. The van der Waals surface area contributed by atoms with Gasteiger partial charge in [0.15, 0.2) is 0 Å². The fourth-order valence-electron chi connectivity index (χ4n) is 2.17. The summed E-state index contributed by atoms with van der Waals surface area (Å²) >= 11 is 5.58. The fourth-order valence-corrected chi connectivity index (χ4v) is 2.34. The molecule has 1 aliphatic rings. The van der Waals surface area contributed by atoms with Crippen LogP contribution in [0.4, 0.5) is 0 Å². The van der Waals surface area contributed by atoms with Crippen LogP contribution in [-0.4, -0.2) is 29.3 Å². The van der Waals surface area contributed by atoms with Crippen molar-refractivity contribution in [2.45, 2.75) is 32.9 Å². The van der Waals surface area contributed by atoms with Gasteiger partial charge in [0.05, 0.1) is 6.10 Å². The maximum absolute atomic E-state index is 11.6. The Kier molecular flexibility index (Phi) is 4.12. The summed E-state index contributed by atoms with van der Waals surface area (Å²) in [6.07, 6.45) is 1.05. The molecule has 0 fully saturated rings. The van der Waals surface area contributed by atoms with E-state index in [4.69, 9.17) is 16.3 Å². The summed E-state index contributed by atoms with van der Waals surface area (Å²) in [4.78, 5) is 13.4. The van der Waals surface area contributed by atoms with Crippen molar-refractivity contribution in [3.8, 4) is 5.75 Å². The number of nitrogens with zero attached hydrogens (tertiary/aromatic N) is 1. The standard InChI is InChI=1S/C14H18ClNO2/c1-10(2)18-13-4-3-12-9-16(14(17)8-15)6-5-11(12)7-13/h3-4,7,10H,5-6,8-9H2,1-2H3. The van der Waals surface area contributed by atoms with Gasteiger partial charge in [0.1, 0.15) is 11.6 Å². The first-order valence-electron chi connectivity index (χ1n) is 6.22. The highest BCUT2D eigenvalue weighted by atomic mass is 35.5. The van der Waals surface area contributed by atoms with Crippen LogP contribution in [0.5, 0.6) is 5.75 Å². The maximum Gasteiger partial charge on any atom is 0.237 e. The number of rotatable bonds is 3. The van der Waals surface area contributed by atoms with Crippen molar-refractivity contribution >= 4 is 17.5 Å². The summed E-state index contributed by atoms with van der Waals surface area (Å²) in [5.41, 5.74) is 2.46. The van der Waals surface area contributed by atoms with Crippen LogP contribution in [0.3, 0.4) is 0 Å². The van der Waals surface area contributed by atoms with E-state index in [0.29, 0.717) is 6.54 Å². The second-order valence-corrected chi connectivity index (χ2v) is 5.06. The summed E-state index contributed by atoms with van der Waals surface area (Å²) in [6.45, 7) is 5.42. The quantitative estimate of drug-likeness (QED) is 0.788. The Morgan fingerprint density at radius 3 is 2.89 bits per heavy atom. The molecule has 1 aromatic rings. The molecule has 1 heterocycles. The smallest absolute Gasteiger partial charge is 0.237 e. The second kappa shape index (κ2) is 5.61. The molecule has 98 valence electrons. The molecule has 1 aliphatic heterocycles. The minimum atomic E-state index is 0.00447. The van der Waals surface area contributed by atoms with Crippen LogP contribution in [0.25, 0.3) is 0 Å². The molecule has 1 amide bonds. The Bertz CT molecular complexity index is 445. The lowest BCUT2D eigenvalue weighted by Crippen LogP contribution is -2.36. The molecule has 18 heavy (non-hydrogen) atoms. The highest BCUT2D eigenvalue weighted by Gasteiger charge is 2.20. The van der Waals surface area contributed by atoms with E-state index >= 15 is 0 Å². The van der Waals surface area contributed by atoms with Gasteiger partial charge in [0.2, 0.25) is 5.91 Å². The third-order valence-corrected chi connectivity index (χ3v) is 3.26. The number of ether oxygens (including phenoxy) is 1. The minimum Gasteiger partial charge on any atom is -0.491 e. The molecule has 0 radical (unpaired) electrons. The van der Waals surface area contributed by atoms with E-state index in [1.54, 1.807) is 4.90 Å². The topological polar surface area (TPSA) is 29.5 Å². The summed E-state index contributed by atoms with van der Waals surface area (Å²) < 4.78 is 5.67. The molecule has 3 nitrogen and oxygen atoms in total. The van der Waals surface area contributed by atoms with Crippen LogP contribution in [0.2, 0.25) is 0 Å². The molecule has 2 rings (SSSR count). The molecule has 0 atom stereocenters. The lowest BCUT2D eigenvalue weighted by molar-refractivity contribution is -0.129. The number of fused-ring (bicyclic) bond motifs is 1. The minimum absolute atomic E-state index is 0.00447. The van der Waals surface area contributed by atoms with Gasteiger partial charge < -0.3 is 9.64 Å². The largest absolute Gasteiger partial charge is 0.491 e. The van der Waals surface area contributed by atoms with Crippen molar-refractivity contribution < 1.29 is 9.53 Å². The van der Waals surface area contributed by atoms with Crippen molar-refractivity contribution in [1.29, 1.82) is 0 Å². The average Bonchev–Trinajstić information content (AvgIpc) is 2.36. The van der Waals surface area contributed by atoms with E-state index < -0.39 is 0 Å². The van der Waals surface area contributed by atoms with Gasteiger partial charge >= 0.3 is 0 Å². The number of hydrogen-bond acceptors (Lipinski definition) is 2. The van der Waals surface area contributed by atoms with Gasteiger partial charge in [-0.2, -0.15) is 0 Å². The van der Waals surface area contributed by atoms with Crippen molar-refractivity contribution in [2.75, 3.05) is 12.4 Å². The molecule has 0 aliphatic carbocycles. The van der Waals surface area contributed by atoms with Crippen molar-refractivity contribution in [3.05, 3.63) is 29.3 Å². The van der Waals surface area contributed by atoms with Gasteiger partial charge in [-0.3, -0.25) is 4.79 Å². The van der Waals surface area contributed by atoms with Crippen molar-refractivity contribution in [1.82, 2.24) is 4.90 Å². The Labute approximate surface area is 113 Å². The zero-order valence-electron chi connectivity index (χ0n) is 10.8. The summed E-state index contributed by atoms with van der Waals surface area (Å²) in [7, 11) is 0. The van der Waals surface area contributed by atoms with E-state index in [2.05, 4.69) is 6.07 Å². The van der Waals surface area contributed by atoms with Crippen LogP contribution in [-0.2, 0) is 17.8 Å². The molecule has 0 spiro atoms. The van der Waals surface area contributed by atoms with E-state index in [1.807, 2.05) is 26.0 Å². The lowest BCUT2D eigenvalue weighted by Gasteiger charge is -2.28. The Morgan fingerprint density at radius 2 is 2.22 bits per heavy atom. The third kappa shape index (κ3) is 2.96. The Morgan fingerprint density at radius 1 is 1.44 bits per heavy atom. The number of benzene rings is 1. The van der Waals surface area contributed by atoms with Crippen molar-refractivity contribution in [3.63, 3.8) is 0 Å². The zero-order chi connectivity index (χ0) is 13.1. The van der Waals surface area contributed by atoms with Gasteiger partial charge in [0.25, 0.3) is 0 Å². The van der Waals surface area contributed by atoms with Crippen molar-refractivity contribution in [2.24, 2.45) is 0 Å². The SMILES string of the molecule is CC(C)Oc1ccc2c(c1)CCN(C(=O)CCl)C2. The van der Waals surface area contributed by atoms with Gasteiger partial charge in [-0.15, -0.1) is 11.6 Å². The molecular weight excluding hydrogens is 250 g/mol. The van der Waals surface area contributed by atoms with Crippen LogP contribution in [0, 0.1) is 0 Å². The first-order chi connectivity index (χ1) is 8.60. The van der Waals surface area contributed by atoms with Crippen LogP contribution in [0.15, 0.2) is 18.2 Å². The molecule has 0 unspecified atom stereocenters. The highest BCUT2D eigenvalue weighted by Crippen LogP contribution is 2.24. The molecule has 0 N–H and O–H groups in total. The number of alkyl halides is 1. The molecule has 0 saturated heterocycles. The first-order valence-corrected chi connectivity index (χ1v) is 6.76. The fraction of sp³-hybridized carbons (Fsp3) is 0.500. The molecule has 4 heteroatoms. The molecule has 1 aromatic carbocycles. The van der Waals surface area contributed by atoms with Crippen LogP contribution < -0.4 is 4.74 Å². The predicted molar refractivity (Wildman–Crippen MR) is 72.0 cm³/mol. The van der Waals surface area contributed by atoms with Gasteiger partial charge in [-0.05, 0) is 43.5 Å². The second-order valence-electron chi connectivity index (χ2n) is 4.80. The monoisotopic (exact) mass is 267 g/mol. The number of carbonyl (C=O) groups excluding carboxylic acids is 1. The number of amides is 1. The van der Waals surface area contributed by atoms with Gasteiger partial charge in [-0.25, -0.2) is 0 Å². The summed E-state index contributed by atoms with van der Waals surface area (Å²) in [5, 5.41) is 0. The Hall–Kier alpha value is -1.22. The van der Waals surface area contributed by atoms with E-state index in [1.165, 1.54) is 11.1 Å². The van der Waals surface area contributed by atoms with Gasteiger partial charge in [0, 0.05) is 13.1 Å². The highest BCUT2D eigenvalue weighted by molar-refractivity contribution is 6.27. The number of hydrogen-bond donors (Lipinski definition) is 0. The van der Waals surface area contributed by atoms with Crippen LogP contribution in [0.1, 0.15) is 25.0 Å². The summed E-state index contributed by atoms with van der Waals surface area (Å²) in [6, 6.07) is 6.09. The third-order valence-electron chi connectivity index (χ3n) is 3.03. The van der Waals surface area contributed by atoms with E-state index in [9.17, 15) is 4.79 Å². The summed E-state index contributed by atoms with van der Waals surface area (Å²) in [5.74, 6) is 0.967. The molecular formula is C14H18ClNO2. The van der Waals surface area contributed by atoms with Gasteiger partial charge in [-0.1, -0.05) is 6.07 Å². The van der Waals surface area contributed by atoms with E-state index in [0.717, 1.165) is 18.7 Å². The maximum atomic E-state index is 11.6. The predicted octanol–water partition coefficient (Wildman–Crippen LogP) is 2.60. The van der Waals surface area contributed by atoms with Crippen LogP contribution >= 0.6 is 11.6 Å². The normalized spacial score (nSPS) is 14.6. The Balaban J connectivity index is 2.13. The molecule has 0 aromatic heterocycles. The first kappa shape index (κ1) is 13.2. The molecule has 0 saturated carbocycles. The number of carbonyl (C=O) groups is 1.